The quantitative estimate of drug-likeness (QED) is 0.541. The molecule has 1 aliphatic heterocycles. The minimum Gasteiger partial charge on any atom is -0.478 e. The highest BCUT2D eigenvalue weighted by Crippen LogP contribution is 2.42. The lowest BCUT2D eigenvalue weighted by Gasteiger charge is -2.41. The molecule has 0 radical (unpaired) electrons. The Morgan fingerprint density at radius 1 is 1.14 bits per heavy atom. The van der Waals surface area contributed by atoms with Gasteiger partial charge < -0.3 is 10.4 Å². The Morgan fingerprint density at radius 2 is 1.90 bits per heavy atom. The summed E-state index contributed by atoms with van der Waals surface area (Å²) in [5.41, 5.74) is 6.75. The molecule has 9 nitrogen and oxygen atoms in total. The first-order chi connectivity index (χ1) is 14.1. The van der Waals surface area contributed by atoms with Gasteiger partial charge in [0.15, 0.2) is 0 Å². The monoisotopic (exact) mass is 392 g/mol. The van der Waals surface area contributed by atoms with Gasteiger partial charge in [-0.2, -0.15) is 4.98 Å². The second kappa shape index (κ2) is 6.47. The van der Waals surface area contributed by atoms with E-state index in [1.165, 1.54) is 12.1 Å². The van der Waals surface area contributed by atoms with Crippen LogP contribution < -0.4 is 16.2 Å². The number of carbonyl (C=O) groups excluding carboxylic acids is 1. The number of carbonyl (C=O) groups is 2. The molecule has 1 fully saturated rings. The van der Waals surface area contributed by atoms with Gasteiger partial charge in [0.05, 0.1) is 5.56 Å². The normalized spacial score (nSPS) is 17.4. The number of nitrogens with zero attached hydrogens (tertiary/aromatic N) is 3. The largest absolute Gasteiger partial charge is 0.478 e. The maximum atomic E-state index is 12.8. The van der Waals surface area contributed by atoms with Gasteiger partial charge in [-0.1, -0.05) is 19.3 Å². The van der Waals surface area contributed by atoms with Gasteiger partial charge in [0, 0.05) is 17.3 Å². The lowest BCUT2D eigenvalue weighted by molar-refractivity contribution is -0.131. The molecule has 3 heterocycles. The molecule has 0 saturated heterocycles. The van der Waals surface area contributed by atoms with Crippen LogP contribution >= 0.6 is 0 Å². The van der Waals surface area contributed by atoms with E-state index in [2.05, 4.69) is 26.1 Å². The molecule has 9 heteroatoms. The molecule has 1 aromatic carbocycles. The summed E-state index contributed by atoms with van der Waals surface area (Å²) in [5, 5.41) is 13.0. The number of anilines is 3. The fraction of sp³-hybridized carbons (Fsp3) is 0.300. The Bertz CT molecular complexity index is 1120. The number of hydrazine groups is 1. The first kappa shape index (κ1) is 17.5. The lowest BCUT2D eigenvalue weighted by Crippen LogP contribution is -2.55. The number of amides is 1. The summed E-state index contributed by atoms with van der Waals surface area (Å²) in [6.07, 6.45) is 6.41. The van der Waals surface area contributed by atoms with E-state index in [-0.39, 0.29) is 11.5 Å². The van der Waals surface area contributed by atoms with Crippen molar-refractivity contribution in [2.24, 2.45) is 0 Å². The predicted molar refractivity (Wildman–Crippen MR) is 107 cm³/mol. The average molecular weight is 392 g/mol. The van der Waals surface area contributed by atoms with Gasteiger partial charge in [-0.05, 0) is 43.2 Å². The minimum absolute atomic E-state index is 0.0282. The smallest absolute Gasteiger partial charge is 0.335 e. The average Bonchev–Trinajstić information content (AvgIpc) is 3.11. The summed E-state index contributed by atoms with van der Waals surface area (Å²) in [7, 11) is 0. The van der Waals surface area contributed by atoms with Crippen molar-refractivity contribution in [2.45, 2.75) is 37.6 Å². The Labute approximate surface area is 166 Å². The van der Waals surface area contributed by atoms with E-state index < -0.39 is 11.5 Å². The summed E-state index contributed by atoms with van der Waals surface area (Å²) < 4.78 is 2.01. The molecule has 29 heavy (non-hydrogen) atoms. The lowest BCUT2D eigenvalue weighted by atomic mass is 9.80. The van der Waals surface area contributed by atoms with Crippen LogP contribution in [0.2, 0.25) is 0 Å². The third-order valence-corrected chi connectivity index (χ3v) is 5.76. The number of carboxylic acid groups (broad SMARTS) is 1. The van der Waals surface area contributed by atoms with Gasteiger partial charge >= 0.3 is 5.97 Å². The molecular weight excluding hydrogens is 372 g/mol. The third kappa shape index (κ3) is 2.77. The topological polar surface area (TPSA) is 121 Å². The van der Waals surface area contributed by atoms with Crippen LogP contribution in [0.3, 0.4) is 0 Å². The number of rotatable bonds is 3. The number of aromatic carboxylic acids is 1. The highest BCUT2D eigenvalue weighted by molar-refractivity contribution is 5.93. The van der Waals surface area contributed by atoms with E-state index in [1.54, 1.807) is 18.3 Å². The second-order valence-corrected chi connectivity index (χ2v) is 7.52. The highest BCUT2D eigenvalue weighted by Gasteiger charge is 2.46. The molecule has 0 bridgehead atoms. The van der Waals surface area contributed by atoms with Crippen molar-refractivity contribution in [3.05, 3.63) is 42.1 Å². The fourth-order valence-corrected chi connectivity index (χ4v) is 4.33. The zero-order valence-corrected chi connectivity index (χ0v) is 15.6. The van der Waals surface area contributed by atoms with Crippen LogP contribution in [0.1, 0.15) is 42.5 Å². The van der Waals surface area contributed by atoms with Crippen LogP contribution in [-0.4, -0.2) is 31.5 Å². The number of benzene rings is 1. The van der Waals surface area contributed by atoms with E-state index >= 15 is 0 Å². The molecule has 3 aromatic rings. The van der Waals surface area contributed by atoms with Crippen molar-refractivity contribution in [1.29, 1.82) is 0 Å². The Morgan fingerprint density at radius 3 is 2.62 bits per heavy atom. The molecule has 1 saturated carbocycles. The maximum Gasteiger partial charge on any atom is 0.335 e. The molecule has 4 N–H and O–H groups in total. The van der Waals surface area contributed by atoms with Gasteiger partial charge in [-0.25, -0.2) is 9.78 Å². The first-order valence-corrected chi connectivity index (χ1v) is 9.63. The Kier molecular flexibility index (Phi) is 3.90. The molecule has 1 spiro atoms. The predicted octanol–water partition coefficient (Wildman–Crippen LogP) is 2.99. The molecule has 148 valence electrons. The molecule has 5 rings (SSSR count). The molecule has 2 aliphatic rings. The zero-order chi connectivity index (χ0) is 20.0. The third-order valence-electron chi connectivity index (χ3n) is 5.76. The number of hydrogen-bond donors (Lipinski definition) is 4. The Hall–Kier alpha value is -3.62. The van der Waals surface area contributed by atoms with E-state index in [1.807, 2.05) is 10.6 Å². The Balaban J connectivity index is 1.55. The van der Waals surface area contributed by atoms with Crippen molar-refractivity contribution >= 4 is 40.4 Å². The first-order valence-electron chi connectivity index (χ1n) is 9.63. The number of hydrogen-bond acceptors (Lipinski definition) is 6. The van der Waals surface area contributed by atoms with Crippen molar-refractivity contribution in [1.82, 2.24) is 20.0 Å². The minimum atomic E-state index is -0.974. The fourth-order valence-electron chi connectivity index (χ4n) is 4.33. The van der Waals surface area contributed by atoms with Gasteiger partial charge in [0.1, 0.15) is 17.0 Å². The molecule has 0 unspecified atom stereocenters. The van der Waals surface area contributed by atoms with Crippen LogP contribution in [0, 0.1) is 0 Å². The van der Waals surface area contributed by atoms with Crippen molar-refractivity contribution in [2.75, 3.05) is 10.7 Å². The summed E-state index contributed by atoms with van der Waals surface area (Å²) in [5.74, 6) is 0.189. The van der Waals surface area contributed by atoms with Crippen LogP contribution in [-0.2, 0) is 10.3 Å². The van der Waals surface area contributed by atoms with Gasteiger partial charge in [0.2, 0.25) is 5.95 Å². The molecule has 1 aliphatic carbocycles. The van der Waals surface area contributed by atoms with Crippen molar-refractivity contribution in [3.8, 4) is 0 Å². The van der Waals surface area contributed by atoms with Gasteiger partial charge in [-0.15, -0.1) is 0 Å². The van der Waals surface area contributed by atoms with E-state index in [4.69, 9.17) is 5.11 Å². The van der Waals surface area contributed by atoms with Crippen LogP contribution in [0.5, 0.6) is 0 Å². The molecule has 2 aromatic heterocycles. The molecular formula is C20H20N6O3. The van der Waals surface area contributed by atoms with Crippen molar-refractivity contribution in [3.63, 3.8) is 0 Å². The zero-order valence-electron chi connectivity index (χ0n) is 15.6. The summed E-state index contributed by atoms with van der Waals surface area (Å²) in [4.78, 5) is 32.9. The number of aromatic nitrogens is 3. The molecule has 0 atom stereocenters. The maximum absolute atomic E-state index is 12.8. The van der Waals surface area contributed by atoms with E-state index in [0.717, 1.165) is 43.3 Å². The number of nitrogens with one attached hydrogen (secondary N) is 3. The number of carboxylic acids is 1. The van der Waals surface area contributed by atoms with Crippen LogP contribution in [0.15, 0.2) is 36.5 Å². The SMILES string of the molecule is O=C(O)c1ccc(Nc2ncc3cc4n(c3n2)C2(CCCCC2)C(=O)NN4)cc1. The van der Waals surface area contributed by atoms with Gasteiger partial charge in [0.25, 0.3) is 5.91 Å². The summed E-state index contributed by atoms with van der Waals surface area (Å²) in [6, 6.07) is 8.32. The van der Waals surface area contributed by atoms with Crippen LogP contribution in [0.25, 0.3) is 11.0 Å². The van der Waals surface area contributed by atoms with Crippen molar-refractivity contribution < 1.29 is 14.7 Å². The highest BCUT2D eigenvalue weighted by atomic mass is 16.4. The van der Waals surface area contributed by atoms with E-state index in [0.29, 0.717) is 17.3 Å². The standard InChI is InChI=1S/C20H20N6O3/c27-17(28)12-4-6-14(7-5-12)22-19-21-11-13-10-15-24-25-18(29)20(8-2-1-3-9-20)26(15)16(13)23-19/h4-7,10-11,24H,1-3,8-9H2,(H,25,29)(H,27,28)(H,21,22,23). The molecule has 1 amide bonds. The van der Waals surface area contributed by atoms with E-state index in [9.17, 15) is 9.59 Å². The summed E-state index contributed by atoms with van der Waals surface area (Å²) >= 11 is 0. The van der Waals surface area contributed by atoms with Crippen LogP contribution in [0.4, 0.5) is 17.5 Å². The van der Waals surface area contributed by atoms with Gasteiger partial charge in [-0.3, -0.25) is 20.2 Å². The summed E-state index contributed by atoms with van der Waals surface area (Å²) in [6.45, 7) is 0. The number of fused-ring (bicyclic) bond motifs is 4. The second-order valence-electron chi connectivity index (χ2n) is 7.52.